The van der Waals surface area contributed by atoms with Gasteiger partial charge in [-0.1, -0.05) is 11.8 Å². The Kier molecular flexibility index (Phi) is 7.50. The van der Waals surface area contributed by atoms with Crippen LogP contribution in [0.4, 0.5) is 5.69 Å². The van der Waals surface area contributed by atoms with Gasteiger partial charge in [-0.15, -0.1) is 5.10 Å². The molecular weight excluding hydrogens is 420 g/mol. The fraction of sp³-hybridized carbons (Fsp3) is 0.238. The number of amidine groups is 1. The zero-order valence-corrected chi connectivity index (χ0v) is 17.8. The number of phenols is 1. The van der Waals surface area contributed by atoms with Gasteiger partial charge in [-0.2, -0.15) is 5.10 Å². The normalized spacial score (nSPS) is 17.0. The molecule has 1 saturated heterocycles. The SMILES string of the molecule is CCOc1ccc(NC(=O)CC2S/C(=N/N=Cc3ccc(O)c(OC)c3)NC2=O)cc1. The van der Waals surface area contributed by atoms with Gasteiger partial charge in [0.15, 0.2) is 16.7 Å². The van der Waals surface area contributed by atoms with Crippen LogP contribution in [0.3, 0.4) is 0 Å². The van der Waals surface area contributed by atoms with Crippen molar-refractivity contribution in [3.05, 3.63) is 48.0 Å². The minimum Gasteiger partial charge on any atom is -0.504 e. The van der Waals surface area contributed by atoms with E-state index in [2.05, 4.69) is 20.8 Å². The van der Waals surface area contributed by atoms with E-state index in [9.17, 15) is 14.7 Å². The third-order valence-electron chi connectivity index (χ3n) is 4.16. The van der Waals surface area contributed by atoms with Crippen LogP contribution in [-0.4, -0.2) is 47.3 Å². The van der Waals surface area contributed by atoms with Crippen LogP contribution in [0.25, 0.3) is 0 Å². The minimum absolute atomic E-state index is 0.00159. The predicted molar refractivity (Wildman–Crippen MR) is 120 cm³/mol. The Balaban J connectivity index is 1.54. The Labute approximate surface area is 183 Å². The van der Waals surface area contributed by atoms with Gasteiger partial charge in [0.2, 0.25) is 11.8 Å². The first-order chi connectivity index (χ1) is 15.0. The molecular formula is C21H22N4O5S. The number of aromatic hydroxyl groups is 1. The highest BCUT2D eigenvalue weighted by molar-refractivity contribution is 8.15. The Hall–Kier alpha value is -3.53. The highest BCUT2D eigenvalue weighted by Gasteiger charge is 2.32. The van der Waals surface area contributed by atoms with Gasteiger partial charge in [0.1, 0.15) is 11.0 Å². The van der Waals surface area contributed by atoms with Gasteiger partial charge in [-0.05, 0) is 55.0 Å². The second kappa shape index (κ2) is 10.5. The average molecular weight is 442 g/mol. The fourth-order valence-corrected chi connectivity index (χ4v) is 3.61. The van der Waals surface area contributed by atoms with E-state index in [0.29, 0.717) is 28.8 Å². The molecule has 1 atom stereocenters. The lowest BCUT2D eigenvalue weighted by molar-refractivity contribution is -0.122. The highest BCUT2D eigenvalue weighted by atomic mass is 32.2. The van der Waals surface area contributed by atoms with Gasteiger partial charge in [-0.25, -0.2) is 0 Å². The molecule has 0 aliphatic carbocycles. The number of benzene rings is 2. The van der Waals surface area contributed by atoms with E-state index >= 15 is 0 Å². The standard InChI is InChI=1S/C21H22N4O5S/c1-3-30-15-7-5-14(6-8-15)23-19(27)11-18-20(28)24-21(31-18)25-22-12-13-4-9-16(26)17(10-13)29-2/h4-10,12,18,26H,3,11H2,1-2H3,(H,23,27)(H,24,25,28). The van der Waals surface area contributed by atoms with Gasteiger partial charge >= 0.3 is 0 Å². The molecule has 9 nitrogen and oxygen atoms in total. The topological polar surface area (TPSA) is 122 Å². The summed E-state index contributed by atoms with van der Waals surface area (Å²) in [5.41, 5.74) is 1.29. The number of carbonyl (C=O) groups excluding carboxylic acids is 2. The lowest BCUT2D eigenvalue weighted by Gasteiger charge is -2.08. The Bertz CT molecular complexity index is 1010. The number of carbonyl (C=O) groups is 2. The van der Waals surface area contributed by atoms with Crippen molar-refractivity contribution >= 4 is 40.6 Å². The number of hydrogen-bond donors (Lipinski definition) is 3. The second-order valence-corrected chi connectivity index (χ2v) is 7.58. The number of amides is 2. The first kappa shape index (κ1) is 22.2. The van der Waals surface area contributed by atoms with Gasteiger partial charge in [-0.3, -0.25) is 9.59 Å². The lowest BCUT2D eigenvalue weighted by Crippen LogP contribution is -2.28. The average Bonchev–Trinajstić information content (AvgIpc) is 3.09. The van der Waals surface area contributed by atoms with Crippen LogP contribution in [0.1, 0.15) is 18.9 Å². The smallest absolute Gasteiger partial charge is 0.240 e. The van der Waals surface area contributed by atoms with Crippen LogP contribution in [0, 0.1) is 0 Å². The Morgan fingerprint density at radius 2 is 2.06 bits per heavy atom. The quantitative estimate of drug-likeness (QED) is 0.427. The van der Waals surface area contributed by atoms with Gasteiger partial charge in [0.05, 0.1) is 19.9 Å². The van der Waals surface area contributed by atoms with Crippen LogP contribution in [0.2, 0.25) is 0 Å². The summed E-state index contributed by atoms with van der Waals surface area (Å²) in [4.78, 5) is 24.4. The van der Waals surface area contributed by atoms with Crippen molar-refractivity contribution in [2.24, 2.45) is 10.2 Å². The number of methoxy groups -OCH3 is 1. The van der Waals surface area contributed by atoms with Gasteiger partial charge in [0.25, 0.3) is 0 Å². The molecule has 10 heteroatoms. The first-order valence-corrected chi connectivity index (χ1v) is 10.3. The van der Waals surface area contributed by atoms with E-state index in [1.54, 1.807) is 36.4 Å². The molecule has 0 radical (unpaired) electrons. The van der Waals surface area contributed by atoms with E-state index in [1.165, 1.54) is 19.4 Å². The molecule has 0 saturated carbocycles. The van der Waals surface area contributed by atoms with Crippen LogP contribution in [0.15, 0.2) is 52.7 Å². The summed E-state index contributed by atoms with van der Waals surface area (Å²) in [6, 6.07) is 11.8. The molecule has 0 spiro atoms. The third kappa shape index (κ3) is 6.22. The van der Waals surface area contributed by atoms with Crippen LogP contribution in [0.5, 0.6) is 17.2 Å². The molecule has 0 bridgehead atoms. The Morgan fingerprint density at radius 3 is 2.77 bits per heavy atom. The van der Waals surface area contributed by atoms with Crippen molar-refractivity contribution in [1.29, 1.82) is 0 Å². The molecule has 1 heterocycles. The van der Waals surface area contributed by atoms with E-state index in [0.717, 1.165) is 17.5 Å². The summed E-state index contributed by atoms with van der Waals surface area (Å²) in [6.45, 7) is 2.46. The molecule has 2 aromatic carbocycles. The summed E-state index contributed by atoms with van der Waals surface area (Å²) in [7, 11) is 1.45. The van der Waals surface area contributed by atoms with E-state index in [4.69, 9.17) is 9.47 Å². The molecule has 1 aliphatic rings. The maximum absolute atomic E-state index is 12.3. The monoisotopic (exact) mass is 442 g/mol. The zero-order valence-electron chi connectivity index (χ0n) is 17.0. The van der Waals surface area contributed by atoms with Crippen LogP contribution in [-0.2, 0) is 9.59 Å². The lowest BCUT2D eigenvalue weighted by atomic mass is 10.2. The van der Waals surface area contributed by atoms with Crippen molar-refractivity contribution in [2.75, 3.05) is 19.0 Å². The molecule has 162 valence electrons. The van der Waals surface area contributed by atoms with Gasteiger partial charge in [0, 0.05) is 12.1 Å². The molecule has 3 rings (SSSR count). The van der Waals surface area contributed by atoms with E-state index < -0.39 is 5.25 Å². The molecule has 0 aromatic heterocycles. The third-order valence-corrected chi connectivity index (χ3v) is 5.23. The maximum atomic E-state index is 12.3. The number of thioether (sulfide) groups is 1. The van der Waals surface area contributed by atoms with Crippen molar-refractivity contribution in [3.8, 4) is 17.2 Å². The zero-order chi connectivity index (χ0) is 22.2. The highest BCUT2D eigenvalue weighted by Crippen LogP contribution is 2.26. The van der Waals surface area contributed by atoms with Crippen molar-refractivity contribution < 1.29 is 24.2 Å². The molecule has 1 aliphatic heterocycles. The predicted octanol–water partition coefficient (Wildman–Crippen LogP) is 2.75. The summed E-state index contributed by atoms with van der Waals surface area (Å²) in [5.74, 6) is 0.484. The molecule has 2 aromatic rings. The molecule has 2 amide bonds. The number of nitrogens with zero attached hydrogens (tertiary/aromatic N) is 2. The number of nitrogens with one attached hydrogen (secondary N) is 2. The first-order valence-electron chi connectivity index (χ1n) is 9.46. The van der Waals surface area contributed by atoms with Crippen molar-refractivity contribution in [2.45, 2.75) is 18.6 Å². The molecule has 3 N–H and O–H groups in total. The molecule has 1 fully saturated rings. The van der Waals surface area contributed by atoms with Crippen LogP contribution < -0.4 is 20.1 Å². The van der Waals surface area contributed by atoms with Crippen molar-refractivity contribution in [1.82, 2.24) is 5.32 Å². The number of ether oxygens (including phenoxy) is 2. The summed E-state index contributed by atoms with van der Waals surface area (Å²) >= 11 is 1.14. The van der Waals surface area contributed by atoms with E-state index in [-0.39, 0.29) is 24.0 Å². The van der Waals surface area contributed by atoms with Crippen LogP contribution >= 0.6 is 11.8 Å². The molecule has 1 unspecified atom stereocenters. The fourth-order valence-electron chi connectivity index (χ4n) is 2.69. The molecule has 31 heavy (non-hydrogen) atoms. The summed E-state index contributed by atoms with van der Waals surface area (Å²) in [6.07, 6.45) is 1.47. The minimum atomic E-state index is -0.592. The Morgan fingerprint density at radius 1 is 1.29 bits per heavy atom. The number of hydrogen-bond acceptors (Lipinski definition) is 8. The van der Waals surface area contributed by atoms with E-state index in [1.807, 2.05) is 6.92 Å². The number of anilines is 1. The summed E-state index contributed by atoms with van der Waals surface area (Å²) < 4.78 is 10.4. The maximum Gasteiger partial charge on any atom is 0.240 e. The van der Waals surface area contributed by atoms with Crippen molar-refractivity contribution in [3.63, 3.8) is 0 Å². The number of phenolic OH excluding ortho intramolecular Hbond substituents is 1. The number of rotatable bonds is 8. The largest absolute Gasteiger partial charge is 0.504 e. The second-order valence-electron chi connectivity index (χ2n) is 6.39. The van der Waals surface area contributed by atoms with Gasteiger partial charge < -0.3 is 25.2 Å². The summed E-state index contributed by atoms with van der Waals surface area (Å²) in [5, 5.41) is 22.6.